The number of hydrogen-bond donors (Lipinski definition) is 1. The summed E-state index contributed by atoms with van der Waals surface area (Å²) < 4.78 is 19.4. The van der Waals surface area contributed by atoms with Crippen LogP contribution in [0.15, 0.2) is 42.6 Å². The molecule has 0 bridgehead atoms. The van der Waals surface area contributed by atoms with Crippen LogP contribution in [-0.4, -0.2) is 32.8 Å². The number of carbonyl (C=O) groups excluding carboxylic acids is 1. The van der Waals surface area contributed by atoms with E-state index in [0.717, 1.165) is 31.6 Å². The van der Waals surface area contributed by atoms with Gasteiger partial charge in [0.15, 0.2) is 30.0 Å². The Morgan fingerprint density at radius 2 is 1.41 bits per heavy atom. The lowest BCUT2D eigenvalue weighted by molar-refractivity contribution is -0.704. The summed E-state index contributed by atoms with van der Waals surface area (Å²) in [5.74, 6) is 1.72. The van der Waals surface area contributed by atoms with Gasteiger partial charge >= 0.3 is 0 Å². The van der Waals surface area contributed by atoms with Gasteiger partial charge in [0.05, 0.1) is 13.7 Å². The standard InChI is InChI=1S/C35H56N2O4/c1-4-6-7-8-9-10-11-12-13-14-15-16-17-20-28-40-32-22-23-33(34(29-32)39-3)41-30-35(38)36-25-24-31-21-18-19-27-37(31)26-5-2/h18-19,21-23,27,29H,4-17,20,24-26,28,30H2,1-3H3/p+1. The molecule has 0 aliphatic carbocycles. The Kier molecular flexibility index (Phi) is 19.2. The van der Waals surface area contributed by atoms with Crippen molar-refractivity contribution < 1.29 is 23.6 Å². The van der Waals surface area contributed by atoms with Crippen molar-refractivity contribution >= 4 is 5.91 Å². The van der Waals surface area contributed by atoms with Gasteiger partial charge in [0, 0.05) is 37.6 Å². The number of pyridine rings is 1. The number of aryl methyl sites for hydroxylation is 1. The van der Waals surface area contributed by atoms with E-state index < -0.39 is 0 Å². The molecule has 0 radical (unpaired) electrons. The lowest BCUT2D eigenvalue weighted by atomic mass is 10.0. The molecule has 0 aliphatic heterocycles. The first-order valence-corrected chi connectivity index (χ1v) is 16.4. The van der Waals surface area contributed by atoms with E-state index in [1.807, 2.05) is 30.3 Å². The molecule has 6 nitrogen and oxygen atoms in total. The Morgan fingerprint density at radius 3 is 2.05 bits per heavy atom. The summed E-state index contributed by atoms with van der Waals surface area (Å²) in [6, 6.07) is 11.7. The zero-order valence-electron chi connectivity index (χ0n) is 26.3. The van der Waals surface area contributed by atoms with Gasteiger partial charge in [0.1, 0.15) is 12.3 Å². The normalized spacial score (nSPS) is 10.9. The molecule has 0 atom stereocenters. The molecule has 1 aromatic heterocycles. The van der Waals surface area contributed by atoms with Crippen molar-refractivity contribution in [2.24, 2.45) is 0 Å². The van der Waals surface area contributed by atoms with Gasteiger partial charge in [-0.3, -0.25) is 4.79 Å². The van der Waals surface area contributed by atoms with Crippen molar-refractivity contribution in [1.29, 1.82) is 0 Å². The summed E-state index contributed by atoms with van der Waals surface area (Å²) in [7, 11) is 1.60. The lowest BCUT2D eigenvalue weighted by Crippen LogP contribution is -2.40. The van der Waals surface area contributed by atoms with Gasteiger partial charge in [-0.2, -0.15) is 0 Å². The predicted molar refractivity (Wildman–Crippen MR) is 168 cm³/mol. The van der Waals surface area contributed by atoms with Crippen LogP contribution < -0.4 is 24.1 Å². The van der Waals surface area contributed by atoms with E-state index in [-0.39, 0.29) is 12.5 Å². The van der Waals surface area contributed by atoms with Gasteiger partial charge in [0.2, 0.25) is 0 Å². The smallest absolute Gasteiger partial charge is 0.257 e. The van der Waals surface area contributed by atoms with E-state index in [1.54, 1.807) is 7.11 Å². The maximum Gasteiger partial charge on any atom is 0.257 e. The number of nitrogens with zero attached hydrogens (tertiary/aromatic N) is 1. The molecule has 230 valence electrons. The number of unbranched alkanes of at least 4 members (excludes halogenated alkanes) is 13. The molecule has 2 aromatic rings. The zero-order valence-corrected chi connectivity index (χ0v) is 26.3. The quantitative estimate of drug-likeness (QED) is 0.0972. The fourth-order valence-electron chi connectivity index (χ4n) is 5.07. The minimum absolute atomic E-state index is 0.0562. The number of aromatic nitrogens is 1. The average Bonchev–Trinajstić information content (AvgIpc) is 2.99. The highest BCUT2D eigenvalue weighted by molar-refractivity contribution is 5.77. The number of methoxy groups -OCH3 is 1. The fourth-order valence-corrected chi connectivity index (χ4v) is 5.07. The molecular weight excluding hydrogens is 512 g/mol. The lowest BCUT2D eigenvalue weighted by Gasteiger charge is -2.13. The molecule has 0 aliphatic rings. The molecule has 1 N–H and O–H groups in total. The molecular formula is C35H57N2O4+. The monoisotopic (exact) mass is 569 g/mol. The van der Waals surface area contributed by atoms with Gasteiger partial charge < -0.3 is 19.5 Å². The predicted octanol–water partition coefficient (Wildman–Crippen LogP) is 7.99. The van der Waals surface area contributed by atoms with E-state index in [9.17, 15) is 4.79 Å². The summed E-state index contributed by atoms with van der Waals surface area (Å²) in [4.78, 5) is 12.3. The molecule has 0 fully saturated rings. The number of benzene rings is 1. The number of nitrogens with one attached hydrogen (secondary N) is 1. The molecule has 1 amide bonds. The summed E-state index contributed by atoms with van der Waals surface area (Å²) >= 11 is 0. The van der Waals surface area contributed by atoms with Crippen molar-refractivity contribution in [2.75, 3.05) is 26.9 Å². The Hall–Kier alpha value is -2.76. The van der Waals surface area contributed by atoms with Crippen LogP contribution in [0.5, 0.6) is 17.2 Å². The molecule has 0 unspecified atom stereocenters. The van der Waals surface area contributed by atoms with Gasteiger partial charge in [-0.1, -0.05) is 103 Å². The molecule has 1 aromatic carbocycles. The highest BCUT2D eigenvalue weighted by atomic mass is 16.5. The Morgan fingerprint density at radius 1 is 0.756 bits per heavy atom. The molecule has 6 heteroatoms. The number of amides is 1. The SMILES string of the molecule is CCCCCCCCCCCCCCCCOc1ccc(OCC(=O)NCCc2cccc[n+]2CCC)c(OC)c1. The van der Waals surface area contributed by atoms with E-state index in [1.165, 1.54) is 89.2 Å². The van der Waals surface area contributed by atoms with Crippen molar-refractivity contribution in [3.63, 3.8) is 0 Å². The van der Waals surface area contributed by atoms with Crippen LogP contribution >= 0.6 is 0 Å². The van der Waals surface area contributed by atoms with Crippen LogP contribution in [0.2, 0.25) is 0 Å². The summed E-state index contributed by atoms with van der Waals surface area (Å²) in [6.45, 7) is 6.63. The Labute approximate surface area is 250 Å². The van der Waals surface area contributed by atoms with Gasteiger partial charge in [0.25, 0.3) is 5.91 Å². The number of carbonyl (C=O) groups is 1. The number of hydrogen-bond acceptors (Lipinski definition) is 4. The van der Waals surface area contributed by atoms with Gasteiger partial charge in [-0.05, 0) is 18.6 Å². The van der Waals surface area contributed by atoms with E-state index in [2.05, 4.69) is 36.0 Å². The molecule has 0 saturated heterocycles. The first kappa shape index (κ1) is 34.4. The summed E-state index contributed by atoms with van der Waals surface area (Å²) in [6.07, 6.45) is 22.8. The molecule has 2 rings (SSSR count). The summed E-state index contributed by atoms with van der Waals surface area (Å²) in [5, 5.41) is 2.95. The van der Waals surface area contributed by atoms with Crippen LogP contribution in [0.25, 0.3) is 0 Å². The third-order valence-corrected chi connectivity index (χ3v) is 7.46. The topological polar surface area (TPSA) is 60.7 Å². The third-order valence-electron chi connectivity index (χ3n) is 7.46. The molecule has 1 heterocycles. The second-order valence-corrected chi connectivity index (χ2v) is 11.0. The highest BCUT2D eigenvalue weighted by Crippen LogP contribution is 2.31. The van der Waals surface area contributed by atoms with Crippen molar-refractivity contribution in [2.45, 2.75) is 123 Å². The van der Waals surface area contributed by atoms with Crippen molar-refractivity contribution in [3.8, 4) is 17.2 Å². The van der Waals surface area contributed by atoms with Crippen LogP contribution in [-0.2, 0) is 17.8 Å². The highest BCUT2D eigenvalue weighted by Gasteiger charge is 2.11. The zero-order chi connectivity index (χ0) is 29.4. The maximum atomic E-state index is 12.3. The van der Waals surface area contributed by atoms with Crippen LogP contribution in [0, 0.1) is 0 Å². The Bertz CT molecular complexity index is 950. The van der Waals surface area contributed by atoms with E-state index in [4.69, 9.17) is 14.2 Å². The molecule has 0 spiro atoms. The maximum absolute atomic E-state index is 12.3. The van der Waals surface area contributed by atoms with Crippen LogP contribution in [0.3, 0.4) is 0 Å². The van der Waals surface area contributed by atoms with Crippen molar-refractivity contribution in [1.82, 2.24) is 5.32 Å². The second kappa shape index (κ2) is 22.9. The molecule has 41 heavy (non-hydrogen) atoms. The van der Waals surface area contributed by atoms with E-state index in [0.29, 0.717) is 24.7 Å². The first-order valence-electron chi connectivity index (χ1n) is 16.4. The largest absolute Gasteiger partial charge is 0.493 e. The number of ether oxygens (including phenoxy) is 3. The minimum atomic E-state index is -0.150. The fraction of sp³-hybridized carbons (Fsp3) is 0.657. The average molecular weight is 570 g/mol. The number of rotatable bonds is 25. The van der Waals surface area contributed by atoms with Crippen LogP contribution in [0.1, 0.15) is 116 Å². The Balaban J connectivity index is 1.54. The molecule has 0 saturated carbocycles. The second-order valence-electron chi connectivity index (χ2n) is 11.0. The first-order chi connectivity index (χ1) is 20.2. The summed E-state index contributed by atoms with van der Waals surface area (Å²) in [5.41, 5.74) is 1.21. The van der Waals surface area contributed by atoms with Crippen molar-refractivity contribution in [3.05, 3.63) is 48.3 Å². The van der Waals surface area contributed by atoms with E-state index >= 15 is 0 Å². The van der Waals surface area contributed by atoms with Gasteiger partial charge in [-0.25, -0.2) is 4.57 Å². The van der Waals surface area contributed by atoms with Gasteiger partial charge in [-0.15, -0.1) is 0 Å². The minimum Gasteiger partial charge on any atom is -0.493 e. The van der Waals surface area contributed by atoms with Crippen LogP contribution in [0.4, 0.5) is 0 Å². The third kappa shape index (κ3) is 15.7.